The van der Waals surface area contributed by atoms with Crippen molar-refractivity contribution in [1.29, 1.82) is 0 Å². The molecule has 0 aromatic heterocycles. The first-order chi connectivity index (χ1) is 8.11. The molecule has 0 aromatic carbocycles. The molecule has 0 aliphatic heterocycles. The van der Waals surface area contributed by atoms with Crippen LogP contribution in [-0.2, 0) is 4.43 Å². The molecule has 2 rings (SSSR count). The van der Waals surface area contributed by atoms with E-state index in [-0.39, 0.29) is 5.41 Å². The fourth-order valence-corrected chi connectivity index (χ4v) is 3.84. The van der Waals surface area contributed by atoms with Crippen LogP contribution in [0.2, 0.25) is 18.1 Å². The lowest BCUT2D eigenvalue weighted by molar-refractivity contribution is 0.203. The molecule has 18 heavy (non-hydrogen) atoms. The fourth-order valence-electron chi connectivity index (χ4n) is 2.78. The van der Waals surface area contributed by atoms with Crippen LogP contribution in [-0.4, -0.2) is 26.6 Å². The van der Waals surface area contributed by atoms with Crippen LogP contribution in [0.3, 0.4) is 0 Å². The third-order valence-electron chi connectivity index (χ3n) is 5.74. The number of hydrogen-bond donors (Lipinski definition) is 1. The molecule has 1 N–H and O–H groups in total. The molecule has 4 atom stereocenters. The van der Waals surface area contributed by atoms with Gasteiger partial charge in [-0.05, 0) is 54.1 Å². The SMILES string of the molecule is CC(C)(C)[Si](C)(C)OC[C@H]1C[C@@H]1[C@H]1C[C@]1(C)CO. The predicted octanol–water partition coefficient (Wildman–Crippen LogP) is 3.66. The number of aliphatic hydroxyl groups excluding tert-OH is 1. The van der Waals surface area contributed by atoms with Gasteiger partial charge in [-0.15, -0.1) is 0 Å². The predicted molar refractivity (Wildman–Crippen MR) is 78.0 cm³/mol. The van der Waals surface area contributed by atoms with E-state index in [4.69, 9.17) is 4.43 Å². The second kappa shape index (κ2) is 4.32. The topological polar surface area (TPSA) is 29.5 Å². The lowest BCUT2D eigenvalue weighted by atomic mass is 10.0. The van der Waals surface area contributed by atoms with Crippen LogP contribution in [0.15, 0.2) is 0 Å². The lowest BCUT2D eigenvalue weighted by Gasteiger charge is -2.36. The van der Waals surface area contributed by atoms with Crippen molar-refractivity contribution in [3.63, 3.8) is 0 Å². The Hall–Kier alpha value is 0.137. The van der Waals surface area contributed by atoms with E-state index in [2.05, 4.69) is 40.8 Å². The summed E-state index contributed by atoms with van der Waals surface area (Å²) in [5.74, 6) is 2.39. The summed E-state index contributed by atoms with van der Waals surface area (Å²) in [4.78, 5) is 0. The first-order valence-electron chi connectivity index (χ1n) is 7.35. The van der Waals surface area contributed by atoms with E-state index in [0.29, 0.717) is 11.6 Å². The highest BCUT2D eigenvalue weighted by Gasteiger charge is 2.60. The molecule has 3 heteroatoms. The minimum absolute atomic E-state index is 0.246. The summed E-state index contributed by atoms with van der Waals surface area (Å²) >= 11 is 0. The Morgan fingerprint density at radius 3 is 2.39 bits per heavy atom. The Morgan fingerprint density at radius 2 is 1.94 bits per heavy atom. The van der Waals surface area contributed by atoms with Crippen LogP contribution in [0.4, 0.5) is 0 Å². The van der Waals surface area contributed by atoms with Crippen LogP contribution < -0.4 is 0 Å². The average molecular weight is 270 g/mol. The van der Waals surface area contributed by atoms with Gasteiger partial charge in [0, 0.05) is 13.2 Å². The zero-order valence-corrected chi connectivity index (χ0v) is 13.9. The van der Waals surface area contributed by atoms with Crippen molar-refractivity contribution in [1.82, 2.24) is 0 Å². The number of hydrogen-bond acceptors (Lipinski definition) is 2. The van der Waals surface area contributed by atoms with Gasteiger partial charge in [0.1, 0.15) is 0 Å². The van der Waals surface area contributed by atoms with Gasteiger partial charge in [-0.1, -0.05) is 27.7 Å². The molecular formula is C15H30O2Si. The third-order valence-corrected chi connectivity index (χ3v) is 10.2. The molecule has 0 bridgehead atoms. The van der Waals surface area contributed by atoms with Crippen molar-refractivity contribution in [3.05, 3.63) is 0 Å². The Kier molecular flexibility index (Phi) is 3.49. The highest BCUT2D eigenvalue weighted by molar-refractivity contribution is 6.74. The molecule has 0 saturated heterocycles. The largest absolute Gasteiger partial charge is 0.417 e. The van der Waals surface area contributed by atoms with E-state index in [1.807, 2.05) is 0 Å². The van der Waals surface area contributed by atoms with E-state index in [1.165, 1.54) is 12.8 Å². The van der Waals surface area contributed by atoms with Crippen LogP contribution in [0.25, 0.3) is 0 Å². The van der Waals surface area contributed by atoms with Gasteiger partial charge in [-0.25, -0.2) is 0 Å². The van der Waals surface area contributed by atoms with E-state index in [0.717, 1.165) is 24.4 Å². The van der Waals surface area contributed by atoms with E-state index >= 15 is 0 Å². The van der Waals surface area contributed by atoms with Crippen molar-refractivity contribution in [2.75, 3.05) is 13.2 Å². The molecular weight excluding hydrogens is 240 g/mol. The molecule has 106 valence electrons. The summed E-state index contributed by atoms with van der Waals surface area (Å²) in [5.41, 5.74) is 0.246. The Morgan fingerprint density at radius 1 is 1.33 bits per heavy atom. The van der Waals surface area contributed by atoms with Crippen LogP contribution in [0, 0.1) is 23.2 Å². The molecule has 2 saturated carbocycles. The average Bonchev–Trinajstić information content (AvgIpc) is 3.09. The number of rotatable bonds is 5. The van der Waals surface area contributed by atoms with E-state index < -0.39 is 8.32 Å². The second-order valence-electron chi connectivity index (χ2n) is 8.35. The normalized spacial score (nSPS) is 39.8. The van der Waals surface area contributed by atoms with Gasteiger partial charge in [-0.2, -0.15) is 0 Å². The molecule has 0 aromatic rings. The molecule has 0 heterocycles. The van der Waals surface area contributed by atoms with Crippen LogP contribution >= 0.6 is 0 Å². The summed E-state index contributed by atoms with van der Waals surface area (Å²) in [5, 5.41) is 9.66. The second-order valence-corrected chi connectivity index (χ2v) is 13.2. The zero-order chi connectivity index (χ0) is 13.8. The quantitative estimate of drug-likeness (QED) is 0.773. The molecule has 0 radical (unpaired) electrons. The minimum Gasteiger partial charge on any atom is -0.417 e. The van der Waals surface area contributed by atoms with Crippen LogP contribution in [0.5, 0.6) is 0 Å². The molecule has 2 nitrogen and oxygen atoms in total. The Labute approximate surface area is 113 Å². The Bertz CT molecular complexity index is 321. The summed E-state index contributed by atoms with van der Waals surface area (Å²) in [7, 11) is -1.57. The maximum Gasteiger partial charge on any atom is 0.191 e. The summed E-state index contributed by atoms with van der Waals surface area (Å²) in [6.07, 6.45) is 2.56. The van der Waals surface area contributed by atoms with Crippen molar-refractivity contribution in [3.8, 4) is 0 Å². The molecule has 0 spiro atoms. The third kappa shape index (κ3) is 2.68. The van der Waals surface area contributed by atoms with E-state index in [9.17, 15) is 5.11 Å². The monoisotopic (exact) mass is 270 g/mol. The maximum atomic E-state index is 9.34. The van der Waals surface area contributed by atoms with Crippen molar-refractivity contribution >= 4 is 8.32 Å². The van der Waals surface area contributed by atoms with Crippen molar-refractivity contribution in [2.24, 2.45) is 23.2 Å². The highest BCUT2D eigenvalue weighted by Crippen LogP contribution is 2.64. The fraction of sp³-hybridized carbons (Fsp3) is 1.00. The molecule has 0 unspecified atom stereocenters. The highest BCUT2D eigenvalue weighted by atomic mass is 28.4. The molecule has 2 aliphatic rings. The minimum atomic E-state index is -1.57. The van der Waals surface area contributed by atoms with Gasteiger partial charge in [0.05, 0.1) is 0 Å². The number of aliphatic hydroxyl groups is 1. The first-order valence-corrected chi connectivity index (χ1v) is 10.3. The lowest BCUT2D eigenvalue weighted by Crippen LogP contribution is -2.41. The summed E-state index contributed by atoms with van der Waals surface area (Å²) in [6.45, 7) is 15.1. The smallest absolute Gasteiger partial charge is 0.191 e. The molecule has 0 amide bonds. The Balaban J connectivity index is 1.75. The van der Waals surface area contributed by atoms with Gasteiger partial charge >= 0.3 is 0 Å². The van der Waals surface area contributed by atoms with Gasteiger partial charge in [0.2, 0.25) is 0 Å². The van der Waals surface area contributed by atoms with Gasteiger partial charge < -0.3 is 9.53 Å². The first kappa shape index (κ1) is 14.5. The summed E-state index contributed by atoms with van der Waals surface area (Å²) < 4.78 is 6.30. The van der Waals surface area contributed by atoms with E-state index in [1.54, 1.807) is 0 Å². The summed E-state index contributed by atoms with van der Waals surface area (Å²) in [6, 6.07) is 0. The molecule has 2 aliphatic carbocycles. The van der Waals surface area contributed by atoms with Crippen molar-refractivity contribution in [2.45, 2.75) is 58.7 Å². The standard InChI is InChI=1S/C15H30O2Si/c1-14(2,3)18(5,6)17-9-11-7-12(11)13-8-15(13,4)10-16/h11-13,16H,7-10H2,1-6H3/t11-,12+,13-,15-/m1/s1. The maximum absolute atomic E-state index is 9.34. The van der Waals surface area contributed by atoms with Gasteiger partial charge in [0.25, 0.3) is 0 Å². The van der Waals surface area contributed by atoms with Crippen LogP contribution in [0.1, 0.15) is 40.5 Å². The van der Waals surface area contributed by atoms with Crippen molar-refractivity contribution < 1.29 is 9.53 Å². The zero-order valence-electron chi connectivity index (χ0n) is 12.9. The molecule has 2 fully saturated rings. The van der Waals surface area contributed by atoms with Gasteiger partial charge in [0.15, 0.2) is 8.32 Å². The van der Waals surface area contributed by atoms with Gasteiger partial charge in [-0.3, -0.25) is 0 Å².